The minimum atomic E-state index is -1.07. The average molecular weight is 341 g/mol. The summed E-state index contributed by atoms with van der Waals surface area (Å²) in [5.41, 5.74) is 2.01. The van der Waals surface area contributed by atoms with E-state index in [2.05, 4.69) is 10.1 Å². The number of nitrogens with zero attached hydrogens (tertiary/aromatic N) is 5. The summed E-state index contributed by atoms with van der Waals surface area (Å²) < 4.78 is 1.93. The van der Waals surface area contributed by atoms with Crippen LogP contribution in [0, 0.1) is 0 Å². The number of anilines is 2. The van der Waals surface area contributed by atoms with Crippen LogP contribution >= 0.6 is 0 Å². The van der Waals surface area contributed by atoms with Gasteiger partial charge in [-0.05, 0) is 31.9 Å². The number of aromatic nitrogens is 3. The van der Waals surface area contributed by atoms with E-state index in [9.17, 15) is 14.7 Å². The predicted molar refractivity (Wildman–Crippen MR) is 91.7 cm³/mol. The summed E-state index contributed by atoms with van der Waals surface area (Å²) in [4.78, 5) is 31.0. The summed E-state index contributed by atoms with van der Waals surface area (Å²) in [5.74, 6) is 0.160. The summed E-state index contributed by atoms with van der Waals surface area (Å²) in [7, 11) is 0. The van der Waals surface area contributed by atoms with Crippen molar-refractivity contribution in [2.24, 2.45) is 0 Å². The van der Waals surface area contributed by atoms with Crippen LogP contribution in [0.3, 0.4) is 0 Å². The van der Waals surface area contributed by atoms with Gasteiger partial charge >= 0.3 is 6.09 Å². The van der Waals surface area contributed by atoms with Gasteiger partial charge in [-0.2, -0.15) is 5.10 Å². The Morgan fingerprint density at radius 2 is 2.04 bits per heavy atom. The maximum atomic E-state index is 12.0. The molecule has 25 heavy (non-hydrogen) atoms. The number of hydrogen-bond acceptors (Lipinski definition) is 4. The molecule has 8 heteroatoms. The first-order valence-corrected chi connectivity index (χ1v) is 8.31. The standard InChI is InChI=1S/C17H19N5O3/c1-10-8-20(17(24)25)16-15(22(10)11(2)23)6-5-14(19-16)12-7-18-21(9-12)13-3-4-13/h5-7,9-10,13H,3-4,8H2,1-2H3,(H,24,25)/t10-/m0/s1. The van der Waals surface area contributed by atoms with Gasteiger partial charge in [0.15, 0.2) is 5.82 Å². The second-order valence-electron chi connectivity index (χ2n) is 6.61. The highest BCUT2D eigenvalue weighted by molar-refractivity contribution is 6.01. The fourth-order valence-corrected chi connectivity index (χ4v) is 3.32. The zero-order valence-electron chi connectivity index (χ0n) is 14.1. The lowest BCUT2D eigenvalue weighted by molar-refractivity contribution is -0.117. The van der Waals surface area contributed by atoms with E-state index < -0.39 is 6.09 Å². The van der Waals surface area contributed by atoms with Crippen molar-refractivity contribution in [2.45, 2.75) is 38.8 Å². The molecule has 1 aliphatic carbocycles. The van der Waals surface area contributed by atoms with E-state index in [1.807, 2.05) is 17.8 Å². The molecule has 1 atom stereocenters. The quantitative estimate of drug-likeness (QED) is 0.906. The lowest BCUT2D eigenvalue weighted by Gasteiger charge is -2.38. The van der Waals surface area contributed by atoms with Crippen molar-refractivity contribution in [3.05, 3.63) is 24.5 Å². The molecule has 0 unspecified atom stereocenters. The Labute approximate surface area is 144 Å². The van der Waals surface area contributed by atoms with Crippen LogP contribution in [0.4, 0.5) is 16.3 Å². The first-order valence-electron chi connectivity index (χ1n) is 8.31. The summed E-state index contributed by atoms with van der Waals surface area (Å²) in [5, 5.41) is 13.9. The maximum absolute atomic E-state index is 12.0. The van der Waals surface area contributed by atoms with Gasteiger partial charge in [0.2, 0.25) is 5.91 Å². The molecule has 0 saturated heterocycles. The zero-order valence-corrected chi connectivity index (χ0v) is 14.1. The van der Waals surface area contributed by atoms with E-state index in [0.29, 0.717) is 17.4 Å². The number of carbonyl (C=O) groups excluding carboxylic acids is 1. The molecule has 1 fully saturated rings. The highest BCUT2D eigenvalue weighted by Gasteiger charge is 2.35. The number of pyridine rings is 1. The Bertz CT molecular complexity index is 858. The van der Waals surface area contributed by atoms with Gasteiger partial charge in [-0.1, -0.05) is 0 Å². The van der Waals surface area contributed by atoms with E-state index >= 15 is 0 Å². The van der Waals surface area contributed by atoms with Crippen LogP contribution < -0.4 is 9.80 Å². The van der Waals surface area contributed by atoms with Crippen LogP contribution in [-0.2, 0) is 4.79 Å². The maximum Gasteiger partial charge on any atom is 0.413 e. The SMILES string of the molecule is CC(=O)N1c2ccc(-c3cnn(C4CC4)c3)nc2N(C(=O)O)C[C@@H]1C. The molecule has 1 saturated carbocycles. The highest BCUT2D eigenvalue weighted by Crippen LogP contribution is 2.38. The van der Waals surface area contributed by atoms with Gasteiger partial charge in [0, 0.05) is 18.7 Å². The number of carboxylic acid groups (broad SMARTS) is 1. The molecule has 2 aromatic heterocycles. The highest BCUT2D eigenvalue weighted by atomic mass is 16.4. The molecule has 0 bridgehead atoms. The second kappa shape index (κ2) is 5.58. The van der Waals surface area contributed by atoms with Crippen molar-refractivity contribution < 1.29 is 14.7 Å². The fraction of sp³-hybridized carbons (Fsp3) is 0.412. The Morgan fingerprint density at radius 3 is 2.68 bits per heavy atom. The van der Waals surface area contributed by atoms with Gasteiger partial charge < -0.3 is 10.0 Å². The van der Waals surface area contributed by atoms with Crippen LogP contribution in [-0.4, -0.2) is 44.5 Å². The summed E-state index contributed by atoms with van der Waals surface area (Å²) in [6.07, 6.45) is 4.88. The van der Waals surface area contributed by atoms with Crippen LogP contribution in [0.2, 0.25) is 0 Å². The first kappa shape index (κ1) is 15.6. The third-order valence-corrected chi connectivity index (χ3v) is 4.65. The molecule has 3 heterocycles. The van der Waals surface area contributed by atoms with Crippen LogP contribution in [0.25, 0.3) is 11.3 Å². The molecular weight excluding hydrogens is 322 g/mol. The van der Waals surface area contributed by atoms with Crippen molar-refractivity contribution in [3.63, 3.8) is 0 Å². The molecule has 2 aliphatic rings. The summed E-state index contributed by atoms with van der Waals surface area (Å²) in [6, 6.07) is 3.79. The van der Waals surface area contributed by atoms with Crippen molar-refractivity contribution in [1.29, 1.82) is 0 Å². The molecule has 0 spiro atoms. The molecule has 1 aliphatic heterocycles. The van der Waals surface area contributed by atoms with Gasteiger partial charge in [-0.3, -0.25) is 14.4 Å². The van der Waals surface area contributed by atoms with Crippen LogP contribution in [0.5, 0.6) is 0 Å². The normalized spacial score (nSPS) is 19.7. The third-order valence-electron chi connectivity index (χ3n) is 4.65. The molecule has 1 N–H and O–H groups in total. The monoisotopic (exact) mass is 341 g/mol. The van der Waals surface area contributed by atoms with Crippen molar-refractivity contribution >= 4 is 23.5 Å². The Hall–Kier alpha value is -2.90. The molecular formula is C17H19N5O3. The van der Waals surface area contributed by atoms with E-state index in [1.165, 1.54) is 11.8 Å². The van der Waals surface area contributed by atoms with Crippen molar-refractivity contribution in [1.82, 2.24) is 14.8 Å². The number of fused-ring (bicyclic) bond motifs is 1. The van der Waals surface area contributed by atoms with Gasteiger partial charge in [0.05, 0.1) is 36.2 Å². The molecule has 0 aromatic carbocycles. The summed E-state index contributed by atoms with van der Waals surface area (Å²) in [6.45, 7) is 3.50. The molecule has 2 amide bonds. The Balaban J connectivity index is 1.78. The Morgan fingerprint density at radius 1 is 1.28 bits per heavy atom. The third kappa shape index (κ3) is 2.63. The van der Waals surface area contributed by atoms with E-state index in [4.69, 9.17) is 0 Å². The number of carbonyl (C=O) groups is 2. The number of hydrogen-bond donors (Lipinski definition) is 1. The van der Waals surface area contributed by atoms with Gasteiger partial charge in [-0.25, -0.2) is 9.78 Å². The molecule has 0 radical (unpaired) electrons. The lowest BCUT2D eigenvalue weighted by Crippen LogP contribution is -2.51. The predicted octanol–water partition coefficient (Wildman–Crippen LogP) is 2.52. The van der Waals surface area contributed by atoms with Gasteiger partial charge in [0.25, 0.3) is 0 Å². The largest absolute Gasteiger partial charge is 0.465 e. The minimum absolute atomic E-state index is 0.130. The lowest BCUT2D eigenvalue weighted by atomic mass is 10.1. The van der Waals surface area contributed by atoms with Crippen molar-refractivity contribution in [2.75, 3.05) is 16.3 Å². The number of rotatable bonds is 2. The van der Waals surface area contributed by atoms with Crippen LogP contribution in [0.15, 0.2) is 24.5 Å². The number of amides is 2. The van der Waals surface area contributed by atoms with Crippen LogP contribution in [0.1, 0.15) is 32.7 Å². The van der Waals surface area contributed by atoms with E-state index in [-0.39, 0.29) is 24.3 Å². The second-order valence-corrected chi connectivity index (χ2v) is 6.61. The molecule has 4 rings (SSSR count). The average Bonchev–Trinajstić information content (AvgIpc) is 3.30. The van der Waals surface area contributed by atoms with E-state index in [1.54, 1.807) is 23.2 Å². The summed E-state index contributed by atoms with van der Waals surface area (Å²) >= 11 is 0. The van der Waals surface area contributed by atoms with E-state index in [0.717, 1.165) is 18.4 Å². The molecule has 130 valence electrons. The first-order chi connectivity index (χ1) is 12.0. The molecule has 2 aromatic rings. The fourth-order valence-electron chi connectivity index (χ4n) is 3.32. The molecule has 8 nitrogen and oxygen atoms in total. The van der Waals surface area contributed by atoms with Crippen molar-refractivity contribution in [3.8, 4) is 11.3 Å². The topological polar surface area (TPSA) is 91.6 Å². The Kier molecular flexibility index (Phi) is 3.48. The smallest absolute Gasteiger partial charge is 0.413 e. The minimum Gasteiger partial charge on any atom is -0.465 e. The van der Waals surface area contributed by atoms with Gasteiger partial charge in [-0.15, -0.1) is 0 Å². The zero-order chi connectivity index (χ0) is 17.7. The van der Waals surface area contributed by atoms with Gasteiger partial charge in [0.1, 0.15) is 0 Å².